The predicted molar refractivity (Wildman–Crippen MR) is 98.7 cm³/mol. The fraction of sp³-hybridized carbons (Fsp3) is 0.611. The maximum Gasteiger partial charge on any atom is 0.414 e. The van der Waals surface area contributed by atoms with Gasteiger partial charge in [-0.3, -0.25) is 4.90 Å². The van der Waals surface area contributed by atoms with Crippen LogP contribution in [0.5, 0.6) is 0 Å². The van der Waals surface area contributed by atoms with Crippen molar-refractivity contribution in [3.05, 3.63) is 22.7 Å². The highest BCUT2D eigenvalue weighted by molar-refractivity contribution is 9.10. The van der Waals surface area contributed by atoms with Crippen LogP contribution in [0.2, 0.25) is 0 Å². The second-order valence-electron chi connectivity index (χ2n) is 7.30. The second kappa shape index (κ2) is 7.56. The average Bonchev–Trinajstić information content (AvgIpc) is 2.47. The molecule has 0 radical (unpaired) electrons. The highest BCUT2D eigenvalue weighted by atomic mass is 79.9. The third-order valence-electron chi connectivity index (χ3n) is 4.08. The molecule has 0 bridgehead atoms. The maximum atomic E-state index is 12.7. The van der Waals surface area contributed by atoms with Gasteiger partial charge in [0.25, 0.3) is 0 Å². The van der Waals surface area contributed by atoms with Crippen LogP contribution < -0.4 is 10.6 Å². The highest BCUT2D eigenvalue weighted by Gasteiger charge is 2.27. The van der Waals surface area contributed by atoms with Crippen molar-refractivity contribution in [1.29, 1.82) is 0 Å². The van der Waals surface area contributed by atoms with Crippen LogP contribution in [0.3, 0.4) is 0 Å². The summed E-state index contributed by atoms with van der Waals surface area (Å²) < 4.78 is 6.40. The summed E-state index contributed by atoms with van der Waals surface area (Å²) in [7, 11) is 0. The van der Waals surface area contributed by atoms with Crippen LogP contribution in [0, 0.1) is 5.92 Å². The van der Waals surface area contributed by atoms with Crippen molar-refractivity contribution >= 4 is 33.4 Å². The Kier molecular flexibility index (Phi) is 5.95. The fourth-order valence-corrected chi connectivity index (χ4v) is 3.28. The van der Waals surface area contributed by atoms with E-state index >= 15 is 0 Å². The summed E-state index contributed by atoms with van der Waals surface area (Å²) in [4.78, 5) is 14.4. The minimum Gasteiger partial charge on any atom is -0.443 e. The van der Waals surface area contributed by atoms with E-state index in [-0.39, 0.29) is 6.09 Å². The lowest BCUT2D eigenvalue weighted by Gasteiger charge is -2.32. The zero-order chi connectivity index (χ0) is 17.0. The van der Waals surface area contributed by atoms with Gasteiger partial charge in [0, 0.05) is 22.4 Å². The van der Waals surface area contributed by atoms with Crippen LogP contribution in [0.4, 0.5) is 16.2 Å². The van der Waals surface area contributed by atoms with Gasteiger partial charge in [0.1, 0.15) is 5.60 Å². The molecule has 1 fully saturated rings. The highest BCUT2D eigenvalue weighted by Crippen LogP contribution is 2.30. The molecule has 1 aliphatic carbocycles. The number of rotatable bonds is 3. The molecular weight excluding hydrogens is 356 g/mol. The number of benzene rings is 1. The molecule has 23 heavy (non-hydrogen) atoms. The minimum atomic E-state index is -0.507. The van der Waals surface area contributed by atoms with E-state index in [9.17, 15) is 4.79 Å². The first-order valence-electron chi connectivity index (χ1n) is 8.32. The van der Waals surface area contributed by atoms with E-state index in [1.54, 1.807) is 4.90 Å². The minimum absolute atomic E-state index is 0.292. The van der Waals surface area contributed by atoms with Gasteiger partial charge in [0.2, 0.25) is 0 Å². The van der Waals surface area contributed by atoms with Crippen molar-refractivity contribution in [3.8, 4) is 0 Å². The van der Waals surface area contributed by atoms with E-state index in [2.05, 4.69) is 15.9 Å². The molecular formula is C18H27BrN2O2. The van der Waals surface area contributed by atoms with E-state index in [1.165, 1.54) is 32.1 Å². The summed E-state index contributed by atoms with van der Waals surface area (Å²) >= 11 is 3.45. The Morgan fingerprint density at radius 2 is 1.96 bits per heavy atom. The molecule has 2 N–H and O–H groups in total. The fourth-order valence-electron chi connectivity index (χ4n) is 2.91. The van der Waals surface area contributed by atoms with Gasteiger partial charge in [-0.1, -0.05) is 19.3 Å². The van der Waals surface area contributed by atoms with Gasteiger partial charge in [0.05, 0.1) is 0 Å². The number of anilines is 2. The molecule has 1 amide bonds. The molecule has 1 aromatic rings. The first-order chi connectivity index (χ1) is 10.8. The summed E-state index contributed by atoms with van der Waals surface area (Å²) in [6, 6.07) is 5.59. The topological polar surface area (TPSA) is 55.6 Å². The smallest absolute Gasteiger partial charge is 0.414 e. The molecule has 0 heterocycles. The lowest BCUT2D eigenvalue weighted by Crippen LogP contribution is -2.40. The third-order valence-corrected chi connectivity index (χ3v) is 4.76. The van der Waals surface area contributed by atoms with E-state index < -0.39 is 5.60 Å². The van der Waals surface area contributed by atoms with E-state index in [1.807, 2.05) is 39.0 Å². The van der Waals surface area contributed by atoms with Crippen molar-refractivity contribution in [2.45, 2.75) is 58.5 Å². The SMILES string of the molecule is CC(C)(C)OC(=O)N(CC1CCCCC1)c1ccc(N)c(Br)c1. The summed E-state index contributed by atoms with van der Waals surface area (Å²) in [5.41, 5.74) is 6.85. The number of amides is 1. The molecule has 1 aliphatic rings. The molecule has 2 rings (SSSR count). The maximum absolute atomic E-state index is 12.7. The normalized spacial score (nSPS) is 16.2. The molecule has 1 saturated carbocycles. The predicted octanol–water partition coefficient (Wildman–Crippen LogP) is 5.35. The van der Waals surface area contributed by atoms with Crippen molar-refractivity contribution in [2.75, 3.05) is 17.2 Å². The van der Waals surface area contributed by atoms with Crippen LogP contribution in [0.25, 0.3) is 0 Å². The number of carbonyl (C=O) groups excluding carboxylic acids is 1. The van der Waals surface area contributed by atoms with Gasteiger partial charge in [-0.05, 0) is 73.7 Å². The Hall–Kier alpha value is -1.23. The van der Waals surface area contributed by atoms with Crippen molar-refractivity contribution in [2.24, 2.45) is 5.92 Å². The Labute approximate surface area is 147 Å². The van der Waals surface area contributed by atoms with Gasteiger partial charge >= 0.3 is 6.09 Å². The standard InChI is InChI=1S/C18H27BrN2O2/c1-18(2,3)23-17(22)21(12-13-7-5-4-6-8-13)14-9-10-16(20)15(19)11-14/h9-11,13H,4-8,12,20H2,1-3H3. The molecule has 5 heteroatoms. The van der Waals surface area contributed by atoms with Crippen LogP contribution in [0.15, 0.2) is 22.7 Å². The Morgan fingerprint density at radius 3 is 2.52 bits per heavy atom. The van der Waals surface area contributed by atoms with Crippen LogP contribution >= 0.6 is 15.9 Å². The number of nitrogens with two attached hydrogens (primary N) is 1. The molecule has 0 aromatic heterocycles. The first kappa shape index (κ1) is 18.1. The molecule has 1 aromatic carbocycles. The van der Waals surface area contributed by atoms with E-state index in [4.69, 9.17) is 10.5 Å². The molecule has 0 aliphatic heterocycles. The number of carbonyl (C=O) groups is 1. The van der Waals surface area contributed by atoms with Crippen molar-refractivity contribution in [1.82, 2.24) is 0 Å². The van der Waals surface area contributed by atoms with Crippen LogP contribution in [-0.2, 0) is 4.74 Å². The molecule has 4 nitrogen and oxygen atoms in total. The monoisotopic (exact) mass is 382 g/mol. The number of ether oxygens (including phenoxy) is 1. The number of hydrogen-bond acceptors (Lipinski definition) is 3. The quantitative estimate of drug-likeness (QED) is 0.716. The van der Waals surface area contributed by atoms with Crippen LogP contribution in [-0.4, -0.2) is 18.2 Å². The van der Waals surface area contributed by atoms with E-state index in [0.717, 1.165) is 10.2 Å². The molecule has 0 unspecified atom stereocenters. The third kappa shape index (κ3) is 5.41. The molecule has 0 atom stereocenters. The lowest BCUT2D eigenvalue weighted by atomic mass is 9.89. The number of nitrogens with zero attached hydrogens (tertiary/aromatic N) is 1. The first-order valence-corrected chi connectivity index (χ1v) is 9.11. The molecule has 0 saturated heterocycles. The van der Waals surface area contributed by atoms with Gasteiger partial charge in [-0.25, -0.2) is 4.79 Å². The molecule has 0 spiro atoms. The second-order valence-corrected chi connectivity index (χ2v) is 8.16. The lowest BCUT2D eigenvalue weighted by molar-refractivity contribution is 0.0572. The summed E-state index contributed by atoms with van der Waals surface area (Å²) in [6.45, 7) is 6.37. The van der Waals surface area contributed by atoms with Gasteiger partial charge in [-0.15, -0.1) is 0 Å². The Bertz CT molecular complexity index is 548. The molecule has 128 valence electrons. The number of hydrogen-bond donors (Lipinski definition) is 1. The van der Waals surface area contributed by atoms with Crippen LogP contribution in [0.1, 0.15) is 52.9 Å². The van der Waals surface area contributed by atoms with Gasteiger partial charge in [-0.2, -0.15) is 0 Å². The van der Waals surface area contributed by atoms with Crippen molar-refractivity contribution in [3.63, 3.8) is 0 Å². The zero-order valence-electron chi connectivity index (χ0n) is 14.3. The average molecular weight is 383 g/mol. The zero-order valence-corrected chi connectivity index (χ0v) is 15.9. The number of halogens is 1. The van der Waals surface area contributed by atoms with Gasteiger partial charge in [0.15, 0.2) is 0 Å². The number of nitrogen functional groups attached to an aromatic ring is 1. The van der Waals surface area contributed by atoms with E-state index in [0.29, 0.717) is 18.2 Å². The van der Waals surface area contributed by atoms with Gasteiger partial charge < -0.3 is 10.5 Å². The summed E-state index contributed by atoms with van der Waals surface area (Å²) in [6.07, 6.45) is 5.86. The van der Waals surface area contributed by atoms with Crippen molar-refractivity contribution < 1.29 is 9.53 Å². The largest absolute Gasteiger partial charge is 0.443 e. The Morgan fingerprint density at radius 1 is 1.30 bits per heavy atom. The summed E-state index contributed by atoms with van der Waals surface area (Å²) in [5, 5.41) is 0. The summed E-state index contributed by atoms with van der Waals surface area (Å²) in [5.74, 6) is 0.535. The Balaban J connectivity index is 2.22.